The fourth-order valence-corrected chi connectivity index (χ4v) is 4.94. The van der Waals surface area contributed by atoms with E-state index in [1.165, 1.54) is 16.7 Å². The molecule has 5 heteroatoms. The monoisotopic (exact) mass is 470 g/mol. The maximum Gasteiger partial charge on any atom is 0.234 e. The third kappa shape index (κ3) is 6.56. The van der Waals surface area contributed by atoms with Crippen LogP contribution in [-0.2, 0) is 11.3 Å². The molecule has 4 rings (SSSR count). The van der Waals surface area contributed by atoms with Crippen molar-refractivity contribution in [3.63, 3.8) is 0 Å². The lowest BCUT2D eigenvalue weighted by molar-refractivity contribution is -0.123. The SMILES string of the molecule is Cc1ccc(C(NC(=O)CN2CCC(C)(NCc3cccnc3C)CC2)c2ccccc2)c(C)c1. The number of nitrogens with zero attached hydrogens (tertiary/aromatic N) is 2. The van der Waals surface area contributed by atoms with Crippen molar-refractivity contribution in [2.45, 2.75) is 58.7 Å². The number of pyridine rings is 1. The molecule has 2 heterocycles. The van der Waals surface area contributed by atoms with Crippen molar-refractivity contribution in [1.82, 2.24) is 20.5 Å². The maximum atomic E-state index is 13.2. The Kier molecular flexibility index (Phi) is 7.99. The van der Waals surface area contributed by atoms with Crippen molar-refractivity contribution >= 4 is 5.91 Å². The molecule has 3 aromatic rings. The Morgan fingerprint density at radius 1 is 1.03 bits per heavy atom. The van der Waals surface area contributed by atoms with Crippen LogP contribution in [-0.4, -0.2) is 41.0 Å². The fourth-order valence-electron chi connectivity index (χ4n) is 4.94. The molecule has 2 aromatic carbocycles. The van der Waals surface area contributed by atoms with Gasteiger partial charge in [0.25, 0.3) is 0 Å². The van der Waals surface area contributed by atoms with Crippen LogP contribution >= 0.6 is 0 Å². The average molecular weight is 471 g/mol. The first-order valence-corrected chi connectivity index (χ1v) is 12.6. The van der Waals surface area contributed by atoms with E-state index >= 15 is 0 Å². The van der Waals surface area contributed by atoms with E-state index in [4.69, 9.17) is 0 Å². The Labute approximate surface area is 210 Å². The van der Waals surface area contributed by atoms with Crippen LogP contribution in [0.1, 0.15) is 59.3 Å². The fraction of sp³-hybridized carbons (Fsp3) is 0.400. The number of piperidine rings is 1. The summed E-state index contributed by atoms with van der Waals surface area (Å²) in [5.41, 5.74) is 7.07. The van der Waals surface area contributed by atoms with Gasteiger partial charge in [-0.3, -0.25) is 14.7 Å². The summed E-state index contributed by atoms with van der Waals surface area (Å²) in [6, 6.07) is 20.7. The van der Waals surface area contributed by atoms with Crippen LogP contribution in [0.5, 0.6) is 0 Å². The number of carbonyl (C=O) groups is 1. The van der Waals surface area contributed by atoms with E-state index in [-0.39, 0.29) is 17.5 Å². The largest absolute Gasteiger partial charge is 0.344 e. The minimum atomic E-state index is -0.149. The van der Waals surface area contributed by atoms with Gasteiger partial charge in [0.15, 0.2) is 0 Å². The molecular formula is C30H38N4O. The van der Waals surface area contributed by atoms with Crippen LogP contribution in [0.25, 0.3) is 0 Å². The van der Waals surface area contributed by atoms with Crippen molar-refractivity contribution in [2.24, 2.45) is 0 Å². The molecule has 1 unspecified atom stereocenters. The molecule has 0 aliphatic carbocycles. The Balaban J connectivity index is 1.35. The van der Waals surface area contributed by atoms with Crippen LogP contribution in [0.2, 0.25) is 0 Å². The number of aryl methyl sites for hydroxylation is 3. The summed E-state index contributed by atoms with van der Waals surface area (Å²) in [6.45, 7) is 11.6. The van der Waals surface area contributed by atoms with Gasteiger partial charge >= 0.3 is 0 Å². The number of hydrogen-bond acceptors (Lipinski definition) is 4. The number of aromatic nitrogens is 1. The van der Waals surface area contributed by atoms with Crippen molar-refractivity contribution in [2.75, 3.05) is 19.6 Å². The molecule has 1 fully saturated rings. The van der Waals surface area contributed by atoms with E-state index in [0.29, 0.717) is 6.54 Å². The van der Waals surface area contributed by atoms with E-state index < -0.39 is 0 Å². The summed E-state index contributed by atoms with van der Waals surface area (Å²) >= 11 is 0. The first-order chi connectivity index (χ1) is 16.8. The Hall–Kier alpha value is -3.02. The molecule has 1 aromatic heterocycles. The molecule has 1 amide bonds. The van der Waals surface area contributed by atoms with Gasteiger partial charge in [0.1, 0.15) is 0 Å². The third-order valence-electron chi connectivity index (χ3n) is 7.32. The highest BCUT2D eigenvalue weighted by atomic mass is 16.2. The van der Waals surface area contributed by atoms with Crippen LogP contribution in [0.4, 0.5) is 0 Å². The zero-order valence-corrected chi connectivity index (χ0v) is 21.5. The molecule has 0 radical (unpaired) electrons. The first kappa shape index (κ1) is 25.1. The molecule has 5 nitrogen and oxygen atoms in total. The predicted octanol–water partition coefficient (Wildman–Crippen LogP) is 4.86. The highest BCUT2D eigenvalue weighted by molar-refractivity contribution is 5.79. The zero-order chi connectivity index (χ0) is 24.8. The molecule has 0 bridgehead atoms. The summed E-state index contributed by atoms with van der Waals surface area (Å²) < 4.78 is 0. The molecule has 0 spiro atoms. The normalized spacial score (nSPS) is 16.6. The number of amides is 1. The average Bonchev–Trinajstić information content (AvgIpc) is 2.85. The van der Waals surface area contributed by atoms with Gasteiger partial charge in [-0.2, -0.15) is 0 Å². The van der Waals surface area contributed by atoms with Gasteiger partial charge in [-0.25, -0.2) is 0 Å². The van der Waals surface area contributed by atoms with Gasteiger partial charge in [0, 0.05) is 37.1 Å². The predicted molar refractivity (Wildman–Crippen MR) is 142 cm³/mol. The van der Waals surface area contributed by atoms with Crippen molar-refractivity contribution in [3.8, 4) is 0 Å². The van der Waals surface area contributed by atoms with Gasteiger partial charge in [-0.15, -0.1) is 0 Å². The van der Waals surface area contributed by atoms with Gasteiger partial charge in [0.05, 0.1) is 12.6 Å². The van der Waals surface area contributed by atoms with E-state index in [1.54, 1.807) is 0 Å². The molecule has 35 heavy (non-hydrogen) atoms. The topological polar surface area (TPSA) is 57.3 Å². The molecule has 184 valence electrons. The van der Waals surface area contributed by atoms with Gasteiger partial charge in [-0.05, 0) is 68.9 Å². The second-order valence-electron chi connectivity index (χ2n) is 10.2. The van der Waals surface area contributed by atoms with Crippen molar-refractivity contribution < 1.29 is 4.79 Å². The second kappa shape index (κ2) is 11.1. The Bertz CT molecular complexity index is 1140. The zero-order valence-electron chi connectivity index (χ0n) is 21.5. The van der Waals surface area contributed by atoms with E-state index in [0.717, 1.165) is 49.3 Å². The summed E-state index contributed by atoms with van der Waals surface area (Å²) in [6.07, 6.45) is 3.87. The van der Waals surface area contributed by atoms with E-state index in [2.05, 4.69) is 84.6 Å². The second-order valence-corrected chi connectivity index (χ2v) is 10.2. The van der Waals surface area contributed by atoms with Crippen molar-refractivity contribution in [1.29, 1.82) is 0 Å². The quantitative estimate of drug-likeness (QED) is 0.494. The third-order valence-corrected chi connectivity index (χ3v) is 7.32. The first-order valence-electron chi connectivity index (χ1n) is 12.6. The molecule has 2 N–H and O–H groups in total. The van der Waals surface area contributed by atoms with Gasteiger partial charge < -0.3 is 10.6 Å². The number of likely N-dealkylation sites (tertiary alicyclic amines) is 1. The lowest BCUT2D eigenvalue weighted by atomic mass is 9.89. The smallest absolute Gasteiger partial charge is 0.234 e. The van der Waals surface area contributed by atoms with E-state index in [9.17, 15) is 4.79 Å². The minimum absolute atomic E-state index is 0.0703. The Morgan fingerprint density at radius 2 is 1.77 bits per heavy atom. The molecule has 1 atom stereocenters. The molecule has 1 saturated heterocycles. The summed E-state index contributed by atoms with van der Waals surface area (Å²) in [5.74, 6) is 0.0707. The van der Waals surface area contributed by atoms with Crippen LogP contribution in [0, 0.1) is 20.8 Å². The molecule has 1 aliphatic rings. The lowest BCUT2D eigenvalue weighted by Gasteiger charge is -2.40. The Morgan fingerprint density at radius 3 is 2.46 bits per heavy atom. The number of nitrogens with one attached hydrogen (secondary N) is 2. The lowest BCUT2D eigenvalue weighted by Crippen LogP contribution is -2.52. The summed E-state index contributed by atoms with van der Waals surface area (Å²) in [5, 5.41) is 7.08. The highest BCUT2D eigenvalue weighted by Crippen LogP contribution is 2.26. The van der Waals surface area contributed by atoms with Crippen LogP contribution in [0.3, 0.4) is 0 Å². The minimum Gasteiger partial charge on any atom is -0.344 e. The molecule has 1 aliphatic heterocycles. The number of hydrogen-bond donors (Lipinski definition) is 2. The summed E-state index contributed by atoms with van der Waals surface area (Å²) in [7, 11) is 0. The maximum absolute atomic E-state index is 13.2. The standard InChI is InChI=1S/C30H38N4O/c1-22-12-13-27(23(2)19-22)29(25-9-6-5-7-10-25)33-28(35)21-34-17-14-30(4,15-18-34)32-20-26-11-8-16-31-24(26)3/h5-13,16,19,29,32H,14-15,17-18,20-21H2,1-4H3,(H,33,35). The van der Waals surface area contributed by atoms with Crippen molar-refractivity contribution in [3.05, 3.63) is 100 Å². The number of benzene rings is 2. The number of rotatable bonds is 8. The highest BCUT2D eigenvalue weighted by Gasteiger charge is 2.30. The van der Waals surface area contributed by atoms with Crippen LogP contribution in [0.15, 0.2) is 66.9 Å². The molecule has 0 saturated carbocycles. The summed E-state index contributed by atoms with van der Waals surface area (Å²) in [4.78, 5) is 19.9. The van der Waals surface area contributed by atoms with Gasteiger partial charge in [-0.1, -0.05) is 60.2 Å². The molecular weight excluding hydrogens is 432 g/mol. The van der Waals surface area contributed by atoms with Gasteiger partial charge in [0.2, 0.25) is 5.91 Å². The van der Waals surface area contributed by atoms with E-state index in [1.807, 2.05) is 30.5 Å². The number of carbonyl (C=O) groups excluding carboxylic acids is 1. The van der Waals surface area contributed by atoms with Crippen LogP contribution < -0.4 is 10.6 Å².